The molecule has 1 N–H and O–H groups in total. The van der Waals surface area contributed by atoms with Gasteiger partial charge >= 0.3 is 0 Å². The molecule has 0 radical (unpaired) electrons. The maximum atomic E-state index is 5.99. The van der Waals surface area contributed by atoms with Gasteiger partial charge in [-0.15, -0.1) is 23.1 Å². The molecule has 1 aromatic carbocycles. The van der Waals surface area contributed by atoms with Gasteiger partial charge in [0.25, 0.3) is 0 Å². The number of nitrogens with one attached hydrogen (secondary N) is 1. The number of aryl methyl sites for hydroxylation is 1. The van der Waals surface area contributed by atoms with Gasteiger partial charge in [0.05, 0.1) is 6.04 Å². The fourth-order valence-corrected chi connectivity index (χ4v) is 4.12. The molecule has 0 bridgehead atoms. The van der Waals surface area contributed by atoms with Crippen molar-refractivity contribution < 1.29 is 0 Å². The molecule has 4 heteroatoms. The van der Waals surface area contributed by atoms with E-state index in [-0.39, 0.29) is 0 Å². The molecule has 18 heavy (non-hydrogen) atoms. The summed E-state index contributed by atoms with van der Waals surface area (Å²) in [5.74, 6) is 1.01. The summed E-state index contributed by atoms with van der Waals surface area (Å²) in [4.78, 5) is 3.97. The third-order valence-corrected chi connectivity index (χ3v) is 5.10. The third-order valence-electron chi connectivity index (χ3n) is 2.67. The monoisotopic (exact) mass is 297 g/mol. The van der Waals surface area contributed by atoms with Crippen molar-refractivity contribution >= 4 is 34.7 Å². The zero-order chi connectivity index (χ0) is 13.0. The van der Waals surface area contributed by atoms with Crippen LogP contribution < -0.4 is 5.32 Å². The molecule has 0 spiro atoms. The molecular weight excluding hydrogens is 282 g/mol. The number of hydrogen-bond donors (Lipinski definition) is 1. The lowest BCUT2D eigenvalue weighted by Gasteiger charge is -2.14. The Morgan fingerprint density at radius 2 is 2.17 bits per heavy atom. The van der Waals surface area contributed by atoms with Crippen LogP contribution in [0.4, 0.5) is 0 Å². The number of benzene rings is 1. The van der Waals surface area contributed by atoms with E-state index in [1.807, 2.05) is 48.3 Å². The van der Waals surface area contributed by atoms with Crippen LogP contribution >= 0.6 is 34.7 Å². The van der Waals surface area contributed by atoms with Crippen molar-refractivity contribution in [2.24, 2.45) is 0 Å². The standard InChI is InChI=1S/C14H16ClNS2/c1-10-6-7-14(18-10)13(16-2)9-17-12-5-3-4-11(15)8-12/h3-8,13,16H,9H2,1-2H3. The Morgan fingerprint density at radius 1 is 1.33 bits per heavy atom. The van der Waals surface area contributed by atoms with Gasteiger partial charge in [0.1, 0.15) is 0 Å². The van der Waals surface area contributed by atoms with Gasteiger partial charge in [-0.1, -0.05) is 17.7 Å². The summed E-state index contributed by atoms with van der Waals surface area (Å²) in [6.07, 6.45) is 0. The van der Waals surface area contributed by atoms with Gasteiger partial charge in [0.2, 0.25) is 0 Å². The van der Waals surface area contributed by atoms with Crippen LogP contribution in [-0.2, 0) is 0 Å². The molecule has 0 aliphatic carbocycles. The first-order valence-corrected chi connectivity index (χ1v) is 7.99. The summed E-state index contributed by atoms with van der Waals surface area (Å²) in [6, 6.07) is 12.8. The lowest BCUT2D eigenvalue weighted by atomic mass is 10.3. The molecule has 1 heterocycles. The summed E-state index contributed by atoms with van der Waals surface area (Å²) in [5.41, 5.74) is 0. The minimum Gasteiger partial charge on any atom is -0.312 e. The van der Waals surface area contributed by atoms with E-state index in [0.29, 0.717) is 6.04 Å². The van der Waals surface area contributed by atoms with E-state index in [4.69, 9.17) is 11.6 Å². The van der Waals surface area contributed by atoms with Gasteiger partial charge in [0, 0.05) is 25.4 Å². The van der Waals surface area contributed by atoms with Crippen molar-refractivity contribution in [1.29, 1.82) is 0 Å². The maximum absolute atomic E-state index is 5.99. The normalized spacial score (nSPS) is 12.6. The van der Waals surface area contributed by atoms with Crippen molar-refractivity contribution in [3.8, 4) is 0 Å². The fraction of sp³-hybridized carbons (Fsp3) is 0.286. The van der Waals surface area contributed by atoms with E-state index in [2.05, 4.69) is 30.4 Å². The molecule has 0 fully saturated rings. The van der Waals surface area contributed by atoms with Crippen LogP contribution in [0.5, 0.6) is 0 Å². The first kappa shape index (κ1) is 13.9. The lowest BCUT2D eigenvalue weighted by molar-refractivity contribution is 0.673. The smallest absolute Gasteiger partial charge is 0.0507 e. The summed E-state index contributed by atoms with van der Waals surface area (Å²) >= 11 is 9.68. The molecular formula is C14H16ClNS2. The highest BCUT2D eigenvalue weighted by atomic mass is 35.5. The minimum atomic E-state index is 0.396. The zero-order valence-corrected chi connectivity index (χ0v) is 12.8. The van der Waals surface area contributed by atoms with Crippen LogP contribution in [-0.4, -0.2) is 12.8 Å². The van der Waals surface area contributed by atoms with Gasteiger partial charge < -0.3 is 5.32 Å². The van der Waals surface area contributed by atoms with Gasteiger partial charge in [-0.3, -0.25) is 0 Å². The highest BCUT2D eigenvalue weighted by molar-refractivity contribution is 7.99. The molecule has 2 rings (SSSR count). The van der Waals surface area contributed by atoms with Crippen molar-refractivity contribution in [2.45, 2.75) is 17.9 Å². The van der Waals surface area contributed by atoms with Crippen LogP contribution in [0.2, 0.25) is 5.02 Å². The number of thiophene rings is 1. The summed E-state index contributed by atoms with van der Waals surface area (Å²) < 4.78 is 0. The van der Waals surface area contributed by atoms with Crippen molar-refractivity contribution in [2.75, 3.05) is 12.8 Å². The molecule has 1 atom stereocenters. The molecule has 0 saturated carbocycles. The third kappa shape index (κ3) is 3.75. The quantitative estimate of drug-likeness (QED) is 0.798. The zero-order valence-electron chi connectivity index (χ0n) is 10.4. The Hall–Kier alpha value is -0.480. The molecule has 1 nitrogen and oxygen atoms in total. The fourth-order valence-electron chi connectivity index (χ4n) is 1.68. The van der Waals surface area contributed by atoms with Crippen LogP contribution in [0.15, 0.2) is 41.3 Å². The SMILES string of the molecule is CNC(CSc1cccc(Cl)c1)c1ccc(C)s1. The summed E-state index contributed by atoms with van der Waals surface area (Å²) in [7, 11) is 2.01. The van der Waals surface area contributed by atoms with Gasteiger partial charge in [-0.05, 0) is 44.3 Å². The Labute approximate surface area is 122 Å². The number of halogens is 1. The second kappa shape index (κ2) is 6.62. The van der Waals surface area contributed by atoms with E-state index in [9.17, 15) is 0 Å². The molecule has 96 valence electrons. The summed E-state index contributed by atoms with van der Waals surface area (Å²) in [5, 5.41) is 4.17. The topological polar surface area (TPSA) is 12.0 Å². The molecule has 0 saturated heterocycles. The Morgan fingerprint density at radius 3 is 2.78 bits per heavy atom. The van der Waals surface area contributed by atoms with Crippen molar-refractivity contribution in [3.05, 3.63) is 51.2 Å². The summed E-state index contributed by atoms with van der Waals surface area (Å²) in [6.45, 7) is 2.14. The first-order chi connectivity index (χ1) is 8.69. The Balaban J connectivity index is 1.99. The molecule has 1 aromatic heterocycles. The average molecular weight is 298 g/mol. The van der Waals surface area contributed by atoms with E-state index >= 15 is 0 Å². The largest absolute Gasteiger partial charge is 0.312 e. The minimum absolute atomic E-state index is 0.396. The Kier molecular flexibility index (Phi) is 5.13. The average Bonchev–Trinajstić information content (AvgIpc) is 2.77. The van der Waals surface area contributed by atoms with E-state index in [1.54, 1.807) is 0 Å². The second-order valence-electron chi connectivity index (χ2n) is 4.06. The maximum Gasteiger partial charge on any atom is 0.0507 e. The number of rotatable bonds is 5. The van der Waals surface area contributed by atoms with Crippen LogP contribution in [0.1, 0.15) is 15.8 Å². The van der Waals surface area contributed by atoms with Crippen molar-refractivity contribution in [3.63, 3.8) is 0 Å². The molecule has 2 aromatic rings. The second-order valence-corrected chi connectivity index (χ2v) is 6.91. The lowest BCUT2D eigenvalue weighted by Crippen LogP contribution is -2.17. The predicted octanol–water partition coefficient (Wildman–Crippen LogP) is 4.76. The predicted molar refractivity (Wildman–Crippen MR) is 83.0 cm³/mol. The molecule has 0 aliphatic rings. The highest BCUT2D eigenvalue weighted by Gasteiger charge is 2.11. The number of thioether (sulfide) groups is 1. The van der Waals surface area contributed by atoms with E-state index in [0.717, 1.165) is 10.8 Å². The molecule has 0 amide bonds. The van der Waals surface area contributed by atoms with E-state index in [1.165, 1.54) is 14.6 Å². The Bertz CT molecular complexity index is 510. The highest BCUT2D eigenvalue weighted by Crippen LogP contribution is 2.29. The molecule has 1 unspecified atom stereocenters. The van der Waals surface area contributed by atoms with Gasteiger partial charge in [0.15, 0.2) is 0 Å². The molecule has 0 aliphatic heterocycles. The van der Waals surface area contributed by atoms with Crippen molar-refractivity contribution in [1.82, 2.24) is 5.32 Å². The van der Waals surface area contributed by atoms with Gasteiger partial charge in [-0.25, -0.2) is 0 Å². The first-order valence-electron chi connectivity index (χ1n) is 5.81. The van der Waals surface area contributed by atoms with Gasteiger partial charge in [-0.2, -0.15) is 0 Å². The van der Waals surface area contributed by atoms with Crippen LogP contribution in [0, 0.1) is 6.92 Å². The number of hydrogen-bond acceptors (Lipinski definition) is 3. The van der Waals surface area contributed by atoms with Crippen LogP contribution in [0.25, 0.3) is 0 Å². The van der Waals surface area contributed by atoms with Crippen LogP contribution in [0.3, 0.4) is 0 Å². The van der Waals surface area contributed by atoms with E-state index < -0.39 is 0 Å².